The van der Waals surface area contributed by atoms with Crippen LogP contribution in [-0.2, 0) is 6.18 Å². The molecule has 0 bridgehead atoms. The van der Waals surface area contributed by atoms with Crippen molar-refractivity contribution >= 4 is 29.2 Å². The van der Waals surface area contributed by atoms with E-state index in [1.54, 1.807) is 0 Å². The molecule has 0 unspecified atom stereocenters. The molecule has 1 aromatic rings. The van der Waals surface area contributed by atoms with E-state index in [0.29, 0.717) is 12.5 Å². The van der Waals surface area contributed by atoms with Crippen LogP contribution < -0.4 is 5.32 Å². The lowest BCUT2D eigenvalue weighted by Gasteiger charge is -2.21. The highest BCUT2D eigenvalue weighted by molar-refractivity contribution is 7.99. The fraction of sp³-hybridized carbons (Fsp3) is 0.636. The number of aromatic nitrogens is 2. The van der Waals surface area contributed by atoms with Crippen LogP contribution in [0, 0.1) is 5.92 Å². The normalized spacial score (nSPS) is 17.5. The zero-order valence-electron chi connectivity index (χ0n) is 10.0. The summed E-state index contributed by atoms with van der Waals surface area (Å²) in [6, 6.07) is 0.892. The Bertz CT molecular complexity index is 436. The predicted octanol–water partition coefficient (Wildman–Crippen LogP) is 3.70. The van der Waals surface area contributed by atoms with Gasteiger partial charge in [-0.3, -0.25) is 0 Å². The van der Waals surface area contributed by atoms with Gasteiger partial charge >= 0.3 is 6.18 Å². The highest BCUT2D eigenvalue weighted by Crippen LogP contribution is 2.30. The molecular weight excluding hydrogens is 299 g/mol. The molecular formula is C11H13ClF3N3S. The Morgan fingerprint density at radius 1 is 1.32 bits per heavy atom. The van der Waals surface area contributed by atoms with Gasteiger partial charge in [-0.25, -0.2) is 9.97 Å². The largest absolute Gasteiger partial charge is 0.433 e. The molecule has 1 aliphatic heterocycles. The van der Waals surface area contributed by atoms with Gasteiger partial charge in [0.1, 0.15) is 5.82 Å². The summed E-state index contributed by atoms with van der Waals surface area (Å²) in [7, 11) is 0. The van der Waals surface area contributed by atoms with Crippen LogP contribution >= 0.6 is 23.4 Å². The number of thioether (sulfide) groups is 1. The predicted molar refractivity (Wildman–Crippen MR) is 70.6 cm³/mol. The molecule has 1 aliphatic rings. The number of nitrogens with zero attached hydrogens (tertiary/aromatic N) is 2. The summed E-state index contributed by atoms with van der Waals surface area (Å²) in [5, 5.41) is 2.53. The highest BCUT2D eigenvalue weighted by Gasteiger charge is 2.33. The van der Waals surface area contributed by atoms with Crippen molar-refractivity contribution < 1.29 is 13.2 Å². The van der Waals surface area contributed by atoms with E-state index >= 15 is 0 Å². The third-order valence-corrected chi connectivity index (χ3v) is 4.12. The molecule has 3 nitrogen and oxygen atoms in total. The number of alkyl halides is 3. The first-order valence-electron chi connectivity index (χ1n) is 5.88. The van der Waals surface area contributed by atoms with Crippen LogP contribution in [0.15, 0.2) is 6.07 Å². The molecule has 1 aromatic heterocycles. The van der Waals surface area contributed by atoms with Crippen molar-refractivity contribution in [2.75, 3.05) is 23.4 Å². The molecule has 0 aromatic carbocycles. The van der Waals surface area contributed by atoms with E-state index < -0.39 is 17.2 Å². The molecule has 0 radical (unpaired) electrons. The zero-order chi connectivity index (χ0) is 13.9. The Morgan fingerprint density at radius 3 is 2.63 bits per heavy atom. The minimum atomic E-state index is -4.51. The molecule has 8 heteroatoms. The molecule has 2 heterocycles. The van der Waals surface area contributed by atoms with Gasteiger partial charge in [0.05, 0.1) is 0 Å². The minimum absolute atomic E-state index is 0.130. The van der Waals surface area contributed by atoms with Gasteiger partial charge in [-0.2, -0.15) is 24.9 Å². The summed E-state index contributed by atoms with van der Waals surface area (Å²) in [6.07, 6.45) is -2.37. The lowest BCUT2D eigenvalue weighted by Crippen LogP contribution is -2.20. The van der Waals surface area contributed by atoms with E-state index in [1.807, 2.05) is 11.8 Å². The molecule has 1 N–H and O–H groups in total. The van der Waals surface area contributed by atoms with E-state index in [0.717, 1.165) is 30.4 Å². The average molecular weight is 312 g/mol. The SMILES string of the molecule is FC(F)(F)c1cc(NCC2CCSCC2)nc(Cl)n1. The lowest BCUT2D eigenvalue weighted by molar-refractivity contribution is -0.141. The smallest absolute Gasteiger partial charge is 0.370 e. The maximum absolute atomic E-state index is 12.6. The van der Waals surface area contributed by atoms with Gasteiger partial charge in [-0.15, -0.1) is 0 Å². The van der Waals surface area contributed by atoms with E-state index in [4.69, 9.17) is 11.6 Å². The third-order valence-electron chi connectivity index (χ3n) is 2.90. The van der Waals surface area contributed by atoms with E-state index in [2.05, 4.69) is 15.3 Å². The Morgan fingerprint density at radius 2 is 2.00 bits per heavy atom. The third kappa shape index (κ3) is 4.42. The Balaban J connectivity index is 2.01. The van der Waals surface area contributed by atoms with Crippen molar-refractivity contribution in [1.29, 1.82) is 0 Å². The van der Waals surface area contributed by atoms with Crippen LogP contribution in [-0.4, -0.2) is 28.0 Å². The standard InChI is InChI=1S/C11H13ClF3N3S/c12-10-17-8(11(13,14)15)5-9(18-10)16-6-7-1-3-19-4-2-7/h5,7H,1-4,6H2,(H,16,17,18). The first kappa shape index (κ1) is 14.7. The van der Waals surface area contributed by atoms with Crippen molar-refractivity contribution in [2.24, 2.45) is 5.92 Å². The van der Waals surface area contributed by atoms with Crippen molar-refractivity contribution in [3.8, 4) is 0 Å². The monoisotopic (exact) mass is 311 g/mol. The summed E-state index contributed by atoms with van der Waals surface area (Å²) in [5.41, 5.74) is -1.02. The van der Waals surface area contributed by atoms with Crippen molar-refractivity contribution in [2.45, 2.75) is 19.0 Å². The van der Waals surface area contributed by atoms with Gasteiger partial charge in [0.15, 0.2) is 5.69 Å². The average Bonchev–Trinajstić information content (AvgIpc) is 2.36. The number of hydrogen-bond donors (Lipinski definition) is 1. The second-order valence-corrected chi connectivity index (χ2v) is 5.90. The number of anilines is 1. The topological polar surface area (TPSA) is 37.8 Å². The summed E-state index contributed by atoms with van der Waals surface area (Å²) in [6.45, 7) is 0.616. The van der Waals surface area contributed by atoms with E-state index in [1.165, 1.54) is 0 Å². The Kier molecular flexibility index (Phi) is 4.78. The molecule has 1 fully saturated rings. The van der Waals surface area contributed by atoms with Crippen LogP contribution in [0.5, 0.6) is 0 Å². The van der Waals surface area contributed by atoms with Gasteiger partial charge in [0.2, 0.25) is 5.28 Å². The molecule has 0 spiro atoms. The maximum Gasteiger partial charge on any atom is 0.433 e. The molecule has 106 valence electrons. The first-order chi connectivity index (χ1) is 8.95. The molecule has 0 atom stereocenters. The van der Waals surface area contributed by atoms with Gasteiger partial charge in [0.25, 0.3) is 0 Å². The second kappa shape index (κ2) is 6.17. The summed E-state index contributed by atoms with van der Waals surface area (Å²) >= 11 is 7.42. The molecule has 19 heavy (non-hydrogen) atoms. The molecule has 0 amide bonds. The molecule has 0 saturated carbocycles. The van der Waals surface area contributed by atoms with Gasteiger partial charge in [-0.1, -0.05) is 0 Å². The Hall–Kier alpha value is -0.690. The van der Waals surface area contributed by atoms with Crippen LogP contribution in [0.4, 0.5) is 19.0 Å². The fourth-order valence-electron chi connectivity index (χ4n) is 1.85. The van der Waals surface area contributed by atoms with E-state index in [-0.39, 0.29) is 5.82 Å². The van der Waals surface area contributed by atoms with Crippen LogP contribution in [0.2, 0.25) is 5.28 Å². The Labute approximate surface area is 118 Å². The summed E-state index contributed by atoms with van der Waals surface area (Å²) in [5.74, 6) is 2.81. The summed E-state index contributed by atoms with van der Waals surface area (Å²) in [4.78, 5) is 6.96. The number of halogens is 4. The highest BCUT2D eigenvalue weighted by atomic mass is 35.5. The quantitative estimate of drug-likeness (QED) is 0.864. The van der Waals surface area contributed by atoms with Crippen molar-refractivity contribution in [3.05, 3.63) is 17.0 Å². The van der Waals surface area contributed by atoms with Crippen LogP contribution in [0.25, 0.3) is 0 Å². The molecule has 0 aliphatic carbocycles. The maximum atomic E-state index is 12.6. The van der Waals surface area contributed by atoms with Gasteiger partial charge < -0.3 is 5.32 Å². The fourth-order valence-corrected chi connectivity index (χ4v) is 3.24. The van der Waals surface area contributed by atoms with Crippen molar-refractivity contribution in [3.63, 3.8) is 0 Å². The van der Waals surface area contributed by atoms with Gasteiger partial charge in [-0.05, 0) is 41.9 Å². The second-order valence-electron chi connectivity index (χ2n) is 4.34. The minimum Gasteiger partial charge on any atom is -0.370 e. The molecule has 1 saturated heterocycles. The van der Waals surface area contributed by atoms with Crippen molar-refractivity contribution in [1.82, 2.24) is 9.97 Å². The zero-order valence-corrected chi connectivity index (χ0v) is 11.6. The summed E-state index contributed by atoms with van der Waals surface area (Å²) < 4.78 is 37.7. The van der Waals surface area contributed by atoms with Gasteiger partial charge in [0, 0.05) is 12.6 Å². The lowest BCUT2D eigenvalue weighted by atomic mass is 10.0. The number of nitrogens with one attached hydrogen (secondary N) is 1. The van der Waals surface area contributed by atoms with E-state index in [9.17, 15) is 13.2 Å². The molecule has 2 rings (SSSR count). The number of hydrogen-bond acceptors (Lipinski definition) is 4. The first-order valence-corrected chi connectivity index (χ1v) is 7.42. The number of rotatable bonds is 3. The van der Waals surface area contributed by atoms with Crippen LogP contribution in [0.1, 0.15) is 18.5 Å². The van der Waals surface area contributed by atoms with Crippen LogP contribution in [0.3, 0.4) is 0 Å².